The van der Waals surface area contributed by atoms with Crippen molar-refractivity contribution in [2.45, 2.75) is 0 Å². The van der Waals surface area contributed by atoms with Gasteiger partial charge in [-0.1, -0.05) is 0 Å². The molecule has 5 nitrogen and oxygen atoms in total. The Morgan fingerprint density at radius 1 is 1.67 bits per heavy atom. The Balaban J connectivity index is 2.77. The van der Waals surface area contributed by atoms with Crippen LogP contribution in [0.4, 0.5) is 0 Å². The maximum atomic E-state index is 8.56. The molecule has 0 spiro atoms. The summed E-state index contributed by atoms with van der Waals surface area (Å²) in [6.45, 7) is 0.00875. The highest BCUT2D eigenvalue weighted by molar-refractivity contribution is 5.35. The van der Waals surface area contributed by atoms with Gasteiger partial charge in [0.2, 0.25) is 0 Å². The van der Waals surface area contributed by atoms with E-state index in [2.05, 4.69) is 10.2 Å². The van der Waals surface area contributed by atoms with Gasteiger partial charge in [-0.05, 0) is 6.07 Å². The van der Waals surface area contributed by atoms with Gasteiger partial charge in [0.25, 0.3) is 5.88 Å². The van der Waals surface area contributed by atoms with E-state index in [-0.39, 0.29) is 19.1 Å². The van der Waals surface area contributed by atoms with Crippen LogP contribution in [-0.2, 0) is 0 Å². The van der Waals surface area contributed by atoms with E-state index in [4.69, 9.17) is 15.1 Å². The van der Waals surface area contributed by atoms with E-state index < -0.39 is 0 Å². The van der Waals surface area contributed by atoms with Crippen molar-refractivity contribution in [3.8, 4) is 11.9 Å². The van der Waals surface area contributed by atoms with Crippen LogP contribution in [-0.4, -0.2) is 28.5 Å². The van der Waals surface area contributed by atoms with Crippen LogP contribution >= 0.6 is 0 Å². The van der Waals surface area contributed by atoms with Gasteiger partial charge < -0.3 is 9.84 Å². The summed E-state index contributed by atoms with van der Waals surface area (Å²) in [7, 11) is 0. The van der Waals surface area contributed by atoms with Gasteiger partial charge in [-0.25, -0.2) is 0 Å². The highest BCUT2D eigenvalue weighted by atomic mass is 16.5. The summed E-state index contributed by atoms with van der Waals surface area (Å²) >= 11 is 0. The minimum Gasteiger partial charge on any atom is -0.473 e. The van der Waals surface area contributed by atoms with Gasteiger partial charge in [-0.15, -0.1) is 5.10 Å². The van der Waals surface area contributed by atoms with Crippen LogP contribution in [0, 0.1) is 11.3 Å². The highest BCUT2D eigenvalue weighted by Gasteiger charge is 2.02. The second-order valence-corrected chi connectivity index (χ2v) is 1.93. The van der Waals surface area contributed by atoms with Crippen LogP contribution in [0.5, 0.6) is 5.88 Å². The summed E-state index contributed by atoms with van der Waals surface area (Å²) in [6.07, 6.45) is 1.41. The second-order valence-electron chi connectivity index (χ2n) is 1.93. The van der Waals surface area contributed by atoms with E-state index in [1.807, 2.05) is 6.07 Å². The lowest BCUT2D eigenvalue weighted by molar-refractivity contribution is 0.195. The summed E-state index contributed by atoms with van der Waals surface area (Å²) in [5.41, 5.74) is 0.318. The first-order valence-corrected chi connectivity index (χ1v) is 3.34. The fraction of sp³-hybridized carbons (Fsp3) is 0.286. The molecule has 0 saturated carbocycles. The molecule has 0 unspecified atom stereocenters. The molecule has 0 aromatic carbocycles. The lowest BCUT2D eigenvalue weighted by Crippen LogP contribution is -2.05. The van der Waals surface area contributed by atoms with Crippen molar-refractivity contribution in [2.24, 2.45) is 0 Å². The van der Waals surface area contributed by atoms with Gasteiger partial charge in [0, 0.05) is 0 Å². The van der Waals surface area contributed by atoms with Crippen molar-refractivity contribution in [3.63, 3.8) is 0 Å². The van der Waals surface area contributed by atoms with Crippen LogP contribution in [0.25, 0.3) is 0 Å². The van der Waals surface area contributed by atoms with E-state index in [0.717, 1.165) is 0 Å². The molecular weight excluding hydrogens is 158 g/mol. The second kappa shape index (κ2) is 4.26. The van der Waals surface area contributed by atoms with Crippen molar-refractivity contribution in [1.82, 2.24) is 10.2 Å². The summed E-state index contributed by atoms with van der Waals surface area (Å²) in [5.74, 6) is 0.161. The fourth-order valence-corrected chi connectivity index (χ4v) is 0.653. The standard InChI is InChI=1S/C7H7N3O2/c8-5-6-1-2-9-10-7(6)12-4-3-11/h1-2,11H,3-4H2. The third-order valence-electron chi connectivity index (χ3n) is 1.14. The molecule has 0 bridgehead atoms. The van der Waals surface area contributed by atoms with Crippen molar-refractivity contribution in [1.29, 1.82) is 5.26 Å². The zero-order valence-corrected chi connectivity index (χ0v) is 6.27. The van der Waals surface area contributed by atoms with Gasteiger partial charge in [0.05, 0.1) is 12.8 Å². The number of nitriles is 1. The van der Waals surface area contributed by atoms with Gasteiger partial charge >= 0.3 is 0 Å². The number of aliphatic hydroxyl groups excluding tert-OH is 1. The number of rotatable bonds is 3. The van der Waals surface area contributed by atoms with E-state index in [9.17, 15) is 0 Å². The zero-order valence-electron chi connectivity index (χ0n) is 6.27. The van der Waals surface area contributed by atoms with Crippen LogP contribution in [0.2, 0.25) is 0 Å². The normalized spacial score (nSPS) is 9.00. The largest absolute Gasteiger partial charge is 0.473 e. The molecule has 62 valence electrons. The lowest BCUT2D eigenvalue weighted by Gasteiger charge is -2.01. The quantitative estimate of drug-likeness (QED) is 0.666. The van der Waals surface area contributed by atoms with Crippen molar-refractivity contribution in [2.75, 3.05) is 13.2 Å². The number of nitrogens with zero attached hydrogens (tertiary/aromatic N) is 3. The van der Waals surface area contributed by atoms with E-state index in [1.165, 1.54) is 12.3 Å². The lowest BCUT2D eigenvalue weighted by atomic mass is 10.3. The molecule has 0 aliphatic carbocycles. The molecule has 0 amide bonds. The predicted octanol–water partition coefficient (Wildman–Crippen LogP) is -0.281. The van der Waals surface area contributed by atoms with Crippen molar-refractivity contribution >= 4 is 0 Å². The molecule has 0 atom stereocenters. The highest BCUT2D eigenvalue weighted by Crippen LogP contribution is 2.10. The average molecular weight is 165 g/mol. The van der Waals surface area contributed by atoms with Crippen LogP contribution in [0.1, 0.15) is 5.56 Å². The van der Waals surface area contributed by atoms with E-state index >= 15 is 0 Å². The number of ether oxygens (including phenoxy) is 1. The third-order valence-corrected chi connectivity index (χ3v) is 1.14. The Kier molecular flexibility index (Phi) is 2.99. The third kappa shape index (κ3) is 1.90. The molecule has 0 radical (unpaired) electrons. The summed E-state index contributed by atoms with van der Waals surface area (Å²) < 4.78 is 4.93. The maximum absolute atomic E-state index is 8.56. The summed E-state index contributed by atoms with van der Waals surface area (Å²) in [6, 6.07) is 3.40. The van der Waals surface area contributed by atoms with Gasteiger partial charge in [0.15, 0.2) is 0 Å². The minimum absolute atomic E-state index is 0.110. The first kappa shape index (κ1) is 8.43. The fourth-order valence-electron chi connectivity index (χ4n) is 0.653. The Hall–Kier alpha value is -1.67. The van der Waals surface area contributed by atoms with Crippen LogP contribution in [0.15, 0.2) is 12.3 Å². The smallest absolute Gasteiger partial charge is 0.251 e. The van der Waals surface area contributed by atoms with Gasteiger partial charge in [-0.3, -0.25) is 0 Å². The molecule has 1 aromatic heterocycles. The predicted molar refractivity (Wildman–Crippen MR) is 39.3 cm³/mol. The number of aromatic nitrogens is 2. The molecule has 12 heavy (non-hydrogen) atoms. The molecular formula is C7H7N3O2. The van der Waals surface area contributed by atoms with Gasteiger partial charge in [-0.2, -0.15) is 10.4 Å². The first-order chi connectivity index (χ1) is 5.88. The summed E-state index contributed by atoms with van der Waals surface area (Å²) in [4.78, 5) is 0. The zero-order chi connectivity index (χ0) is 8.81. The monoisotopic (exact) mass is 165 g/mol. The topological polar surface area (TPSA) is 79.0 Å². The Labute approximate surface area is 69.2 Å². The SMILES string of the molecule is N#Cc1ccnnc1OCCO. The number of hydrogen-bond acceptors (Lipinski definition) is 5. The van der Waals surface area contributed by atoms with Crippen LogP contribution in [0.3, 0.4) is 0 Å². The van der Waals surface area contributed by atoms with Crippen molar-refractivity contribution in [3.05, 3.63) is 17.8 Å². The molecule has 1 rings (SSSR count). The molecule has 0 fully saturated rings. The Morgan fingerprint density at radius 3 is 3.17 bits per heavy atom. The van der Waals surface area contributed by atoms with Crippen LogP contribution < -0.4 is 4.74 Å². The minimum atomic E-state index is -0.110. The number of hydrogen-bond donors (Lipinski definition) is 1. The van der Waals surface area contributed by atoms with Crippen molar-refractivity contribution < 1.29 is 9.84 Å². The maximum Gasteiger partial charge on any atom is 0.251 e. The molecule has 1 heterocycles. The molecule has 1 aromatic rings. The Bertz CT molecular complexity index is 295. The summed E-state index contributed by atoms with van der Waals surface area (Å²) in [5, 5.41) is 24.1. The van der Waals surface area contributed by atoms with E-state index in [1.54, 1.807) is 0 Å². The molecule has 0 aliphatic rings. The molecule has 0 aliphatic heterocycles. The number of aliphatic hydroxyl groups is 1. The molecule has 5 heteroatoms. The molecule has 1 N–H and O–H groups in total. The average Bonchev–Trinajstić information content (AvgIpc) is 2.15. The Morgan fingerprint density at radius 2 is 2.50 bits per heavy atom. The first-order valence-electron chi connectivity index (χ1n) is 3.34. The van der Waals surface area contributed by atoms with E-state index in [0.29, 0.717) is 5.56 Å². The molecule has 0 saturated heterocycles. The van der Waals surface area contributed by atoms with Gasteiger partial charge in [0.1, 0.15) is 18.2 Å².